The summed E-state index contributed by atoms with van der Waals surface area (Å²) in [6.07, 6.45) is 3.35. The van der Waals surface area contributed by atoms with Gasteiger partial charge in [-0.3, -0.25) is 18.6 Å². The Kier molecular flexibility index (Phi) is 5.61. The maximum absolute atomic E-state index is 12.9. The quantitative estimate of drug-likeness (QED) is 0.335. The second-order valence-corrected chi connectivity index (χ2v) is 7.90. The van der Waals surface area contributed by atoms with Crippen molar-refractivity contribution >= 4 is 34.8 Å². The van der Waals surface area contributed by atoms with E-state index >= 15 is 0 Å². The third kappa shape index (κ3) is 3.83. The van der Waals surface area contributed by atoms with Crippen LogP contribution in [0.5, 0.6) is 5.75 Å². The van der Waals surface area contributed by atoms with Gasteiger partial charge in [-0.2, -0.15) is 0 Å². The lowest BCUT2D eigenvalue weighted by molar-refractivity contribution is 0.102. The summed E-state index contributed by atoms with van der Waals surface area (Å²) in [7, 11) is 1.55. The molecule has 0 atom stereocenters. The van der Waals surface area contributed by atoms with E-state index in [-0.39, 0.29) is 22.7 Å². The van der Waals surface area contributed by atoms with Gasteiger partial charge >= 0.3 is 5.56 Å². The van der Waals surface area contributed by atoms with Crippen LogP contribution in [-0.2, 0) is 0 Å². The second kappa shape index (κ2) is 8.33. The Morgan fingerprint density at radius 1 is 1.17 bits per heavy atom. The molecule has 0 bridgehead atoms. The number of thioether (sulfide) groups is 1. The largest absolute Gasteiger partial charge is 0.497 e. The summed E-state index contributed by atoms with van der Waals surface area (Å²) < 4.78 is 8.23. The summed E-state index contributed by atoms with van der Waals surface area (Å²) in [5.41, 5.74) is 1.99. The van der Waals surface area contributed by atoms with E-state index in [2.05, 4.69) is 10.2 Å². The lowest BCUT2D eigenvalue weighted by Gasteiger charge is -2.10. The SMILES string of the molecule is COc1cccc(C(=O)CSc2nnc3c(=O)n(-c4cc(Cl)ccc4C)ccn23)c1. The molecule has 0 aliphatic rings. The summed E-state index contributed by atoms with van der Waals surface area (Å²) in [6.45, 7) is 1.90. The molecule has 0 aliphatic heterocycles. The van der Waals surface area contributed by atoms with Gasteiger partial charge < -0.3 is 4.74 Å². The van der Waals surface area contributed by atoms with Crippen molar-refractivity contribution in [1.82, 2.24) is 19.2 Å². The summed E-state index contributed by atoms with van der Waals surface area (Å²) in [5, 5.41) is 9.12. The van der Waals surface area contributed by atoms with Crippen LogP contribution in [0.1, 0.15) is 15.9 Å². The van der Waals surface area contributed by atoms with E-state index in [4.69, 9.17) is 16.3 Å². The Bertz CT molecular complexity index is 1320. The molecule has 0 saturated carbocycles. The number of aryl methyl sites for hydroxylation is 1. The number of rotatable bonds is 6. The number of carbonyl (C=O) groups is 1. The maximum atomic E-state index is 12.9. The van der Waals surface area contributed by atoms with E-state index in [1.54, 1.807) is 60.3 Å². The lowest BCUT2D eigenvalue weighted by atomic mass is 10.1. The molecule has 2 heterocycles. The molecule has 9 heteroatoms. The van der Waals surface area contributed by atoms with Gasteiger partial charge in [0, 0.05) is 23.0 Å². The predicted octanol–water partition coefficient (Wildman–Crippen LogP) is 3.83. The third-order valence-electron chi connectivity index (χ3n) is 4.59. The van der Waals surface area contributed by atoms with Gasteiger partial charge in [0.15, 0.2) is 10.9 Å². The van der Waals surface area contributed by atoms with Gasteiger partial charge in [0.2, 0.25) is 5.65 Å². The highest BCUT2D eigenvalue weighted by molar-refractivity contribution is 7.99. The molecule has 0 N–H and O–H groups in total. The number of Topliss-reactive ketones (excluding diaryl/α,β-unsaturated/α-hetero) is 1. The van der Waals surface area contributed by atoms with Crippen LogP contribution in [0.2, 0.25) is 5.02 Å². The molecule has 2 aromatic heterocycles. The van der Waals surface area contributed by atoms with Crippen molar-refractivity contribution in [3.63, 3.8) is 0 Å². The molecular formula is C21H17ClN4O3S. The first-order valence-corrected chi connectivity index (χ1v) is 10.4. The summed E-state index contributed by atoms with van der Waals surface area (Å²) >= 11 is 7.31. The van der Waals surface area contributed by atoms with Crippen LogP contribution in [0.25, 0.3) is 11.3 Å². The fraction of sp³-hybridized carbons (Fsp3) is 0.143. The summed E-state index contributed by atoms with van der Waals surface area (Å²) in [4.78, 5) is 25.4. The predicted molar refractivity (Wildman–Crippen MR) is 116 cm³/mol. The van der Waals surface area contributed by atoms with Crippen LogP contribution < -0.4 is 10.3 Å². The molecule has 0 radical (unpaired) electrons. The zero-order valence-electron chi connectivity index (χ0n) is 16.2. The van der Waals surface area contributed by atoms with Crippen LogP contribution in [-0.4, -0.2) is 37.8 Å². The molecule has 152 valence electrons. The Balaban J connectivity index is 1.61. The van der Waals surface area contributed by atoms with E-state index in [9.17, 15) is 9.59 Å². The fourth-order valence-electron chi connectivity index (χ4n) is 3.01. The maximum Gasteiger partial charge on any atom is 0.300 e. The smallest absolute Gasteiger partial charge is 0.300 e. The number of ether oxygens (including phenoxy) is 1. The first-order valence-electron chi connectivity index (χ1n) is 9.01. The molecule has 7 nitrogen and oxygen atoms in total. The van der Waals surface area contributed by atoms with E-state index in [0.29, 0.717) is 27.2 Å². The second-order valence-electron chi connectivity index (χ2n) is 6.52. The van der Waals surface area contributed by atoms with Crippen LogP contribution in [0, 0.1) is 6.92 Å². The Hall–Kier alpha value is -3.10. The van der Waals surface area contributed by atoms with Crippen molar-refractivity contribution in [2.24, 2.45) is 0 Å². The minimum Gasteiger partial charge on any atom is -0.497 e. The monoisotopic (exact) mass is 440 g/mol. The van der Waals surface area contributed by atoms with Crippen molar-refractivity contribution in [1.29, 1.82) is 0 Å². The molecule has 2 aromatic carbocycles. The number of ketones is 1. The van der Waals surface area contributed by atoms with Crippen molar-refractivity contribution in [2.45, 2.75) is 12.1 Å². The molecular weight excluding hydrogens is 424 g/mol. The molecule has 30 heavy (non-hydrogen) atoms. The number of halogens is 1. The molecule has 4 aromatic rings. The van der Waals surface area contributed by atoms with Gasteiger partial charge in [-0.15, -0.1) is 10.2 Å². The molecule has 0 fully saturated rings. The number of methoxy groups -OCH3 is 1. The van der Waals surface area contributed by atoms with E-state index < -0.39 is 0 Å². The number of benzene rings is 2. The van der Waals surface area contributed by atoms with Crippen molar-refractivity contribution in [2.75, 3.05) is 12.9 Å². The number of aromatic nitrogens is 4. The van der Waals surface area contributed by atoms with Gasteiger partial charge in [-0.25, -0.2) is 0 Å². The standard InChI is InChI=1S/C21H17ClN4O3S/c1-13-6-7-15(22)11-17(13)25-8-9-26-19(20(25)28)23-24-21(26)30-12-18(27)14-4-3-5-16(10-14)29-2/h3-11H,12H2,1-2H3. The van der Waals surface area contributed by atoms with Crippen molar-refractivity contribution in [3.05, 3.63) is 81.4 Å². The van der Waals surface area contributed by atoms with Crippen LogP contribution in [0.4, 0.5) is 0 Å². The van der Waals surface area contributed by atoms with Crippen LogP contribution in [0.3, 0.4) is 0 Å². The first kappa shape index (κ1) is 20.2. The topological polar surface area (TPSA) is 78.5 Å². The van der Waals surface area contributed by atoms with Crippen molar-refractivity contribution in [3.8, 4) is 11.4 Å². The Morgan fingerprint density at radius 2 is 2.00 bits per heavy atom. The molecule has 0 saturated heterocycles. The molecule has 0 aliphatic carbocycles. The molecule has 0 amide bonds. The number of hydrogen-bond acceptors (Lipinski definition) is 6. The molecule has 0 unspecified atom stereocenters. The number of nitrogens with zero attached hydrogens (tertiary/aromatic N) is 4. The minimum atomic E-state index is -0.318. The summed E-state index contributed by atoms with van der Waals surface area (Å²) in [6, 6.07) is 12.3. The van der Waals surface area contributed by atoms with Gasteiger partial charge in [0.05, 0.1) is 18.6 Å². The summed E-state index contributed by atoms with van der Waals surface area (Å²) in [5.74, 6) is 0.707. The highest BCUT2D eigenvalue weighted by Gasteiger charge is 2.15. The van der Waals surface area contributed by atoms with E-state index in [1.807, 2.05) is 13.0 Å². The number of carbonyl (C=O) groups excluding carboxylic acids is 1. The van der Waals surface area contributed by atoms with Gasteiger partial charge in [0.25, 0.3) is 0 Å². The molecule has 4 rings (SSSR count). The molecule has 0 spiro atoms. The highest BCUT2D eigenvalue weighted by atomic mass is 35.5. The van der Waals surface area contributed by atoms with E-state index in [0.717, 1.165) is 5.56 Å². The van der Waals surface area contributed by atoms with Gasteiger partial charge in [0.1, 0.15) is 5.75 Å². The minimum absolute atomic E-state index is 0.0708. The third-order valence-corrected chi connectivity index (χ3v) is 5.77. The normalized spacial score (nSPS) is 11.0. The van der Waals surface area contributed by atoms with Gasteiger partial charge in [-0.05, 0) is 36.8 Å². The first-order chi connectivity index (χ1) is 14.5. The number of fused-ring (bicyclic) bond motifs is 1. The highest BCUT2D eigenvalue weighted by Crippen LogP contribution is 2.21. The Labute approximate surface area is 181 Å². The average molecular weight is 441 g/mol. The average Bonchev–Trinajstić information content (AvgIpc) is 3.18. The lowest BCUT2D eigenvalue weighted by Crippen LogP contribution is -2.21. The van der Waals surface area contributed by atoms with Gasteiger partial charge in [-0.1, -0.05) is 41.6 Å². The zero-order valence-corrected chi connectivity index (χ0v) is 17.8. The van der Waals surface area contributed by atoms with Crippen LogP contribution in [0.15, 0.2) is 64.8 Å². The Morgan fingerprint density at radius 3 is 2.80 bits per heavy atom. The van der Waals surface area contributed by atoms with Crippen LogP contribution >= 0.6 is 23.4 Å². The fourth-order valence-corrected chi connectivity index (χ4v) is 3.98. The van der Waals surface area contributed by atoms with Crippen molar-refractivity contribution < 1.29 is 9.53 Å². The zero-order chi connectivity index (χ0) is 21.3. The van der Waals surface area contributed by atoms with E-state index in [1.165, 1.54) is 16.3 Å². The number of hydrogen-bond donors (Lipinski definition) is 0.